The first-order valence-corrected chi connectivity index (χ1v) is 12.6. The van der Waals surface area contributed by atoms with Crippen LogP contribution in [-0.2, 0) is 16.0 Å². The van der Waals surface area contributed by atoms with Crippen molar-refractivity contribution in [2.45, 2.75) is 11.2 Å². The molecule has 6 heteroatoms. The van der Waals surface area contributed by atoms with Gasteiger partial charge in [-0.15, -0.1) is 6.42 Å². The summed E-state index contributed by atoms with van der Waals surface area (Å²) in [5.74, 6) is 38.7. The van der Waals surface area contributed by atoms with Crippen molar-refractivity contribution in [3.05, 3.63) is 54.1 Å². The number of amides is 2. The van der Waals surface area contributed by atoms with Crippen molar-refractivity contribution in [2.75, 3.05) is 16.8 Å². The third-order valence-electron chi connectivity index (χ3n) is 4.90. The van der Waals surface area contributed by atoms with Crippen molar-refractivity contribution in [1.29, 1.82) is 0 Å². The molecule has 0 radical (unpaired) electrons. The first-order valence-electron chi connectivity index (χ1n) is 11.7. The van der Waals surface area contributed by atoms with Crippen LogP contribution in [0.3, 0.4) is 0 Å². The van der Waals surface area contributed by atoms with Crippen molar-refractivity contribution >= 4 is 39.1 Å². The number of ether oxygens (including phenoxy) is 1. The van der Waals surface area contributed by atoms with E-state index in [1.807, 2.05) is 24.3 Å². The van der Waals surface area contributed by atoms with Gasteiger partial charge in [0.1, 0.15) is 6.11 Å². The van der Waals surface area contributed by atoms with Crippen LogP contribution >= 0.6 is 15.9 Å². The predicted octanol–water partition coefficient (Wildman–Crippen LogP) is 2.97. The molecule has 0 saturated carbocycles. The highest BCUT2D eigenvalue weighted by molar-refractivity contribution is 9.10. The zero-order valence-electron chi connectivity index (χ0n) is 21.2. The van der Waals surface area contributed by atoms with Crippen LogP contribution in [0, 0.1) is 107 Å². The van der Waals surface area contributed by atoms with Gasteiger partial charge in [0.2, 0.25) is 11.8 Å². The molecule has 1 atom stereocenters. The molecule has 2 aromatic rings. The Morgan fingerprint density at radius 3 is 1.95 bits per heavy atom. The van der Waals surface area contributed by atoms with Crippen LogP contribution in [-0.4, -0.2) is 23.2 Å². The fourth-order valence-electron chi connectivity index (χ4n) is 3.22. The Morgan fingerprint density at radius 2 is 1.32 bits per heavy atom. The summed E-state index contributed by atoms with van der Waals surface area (Å²) in [5.41, 5.74) is 2.24. The van der Waals surface area contributed by atoms with E-state index in [-0.39, 0.29) is 5.91 Å². The second-order valence-corrected chi connectivity index (χ2v) is 8.36. The van der Waals surface area contributed by atoms with Gasteiger partial charge in [-0.3, -0.25) is 9.59 Å². The lowest BCUT2D eigenvalue weighted by atomic mass is 10.2. The average molecular weight is 591 g/mol. The minimum atomic E-state index is -1.08. The molecule has 1 N–H and O–H groups in total. The third-order valence-corrected chi connectivity index (χ3v) is 5.71. The lowest BCUT2D eigenvalue weighted by Crippen LogP contribution is -2.41. The molecular weight excluding hydrogens is 576 g/mol. The molecule has 0 aromatic heterocycles. The number of carbonyl (C=O) groups is 2. The Bertz CT molecular complexity index is 1930. The van der Waals surface area contributed by atoms with Gasteiger partial charge < -0.3 is 15.0 Å². The summed E-state index contributed by atoms with van der Waals surface area (Å²) in [7, 11) is 0. The Labute approximate surface area is 247 Å². The maximum atomic E-state index is 13.0. The summed E-state index contributed by atoms with van der Waals surface area (Å²) in [6.07, 6.45) is 8.13. The zero-order valence-corrected chi connectivity index (χ0v) is 22.8. The monoisotopic (exact) mass is 590 g/mol. The fraction of sp³-hybridized carbons (Fsp3) is 0.0857. The van der Waals surface area contributed by atoms with Gasteiger partial charge in [-0.25, -0.2) is 0 Å². The summed E-state index contributed by atoms with van der Waals surface area (Å²) < 4.78 is 5.42. The van der Waals surface area contributed by atoms with E-state index in [1.54, 1.807) is 29.2 Å². The maximum Gasteiger partial charge on any atom is 0.250 e. The summed E-state index contributed by atoms with van der Waals surface area (Å²) >= 11 is 3.24. The average Bonchev–Trinajstić information content (AvgIpc) is 3.43. The number of halogens is 1. The Morgan fingerprint density at radius 1 is 0.780 bits per heavy atom. The van der Waals surface area contributed by atoms with Crippen molar-refractivity contribution in [3.63, 3.8) is 0 Å². The van der Waals surface area contributed by atoms with Crippen LogP contribution < -0.4 is 15.0 Å². The van der Waals surface area contributed by atoms with Gasteiger partial charge in [-0.2, -0.15) is 0 Å². The van der Waals surface area contributed by atoms with Gasteiger partial charge in [0.15, 0.2) is 10.6 Å². The minimum Gasteiger partial charge on any atom is -0.404 e. The second kappa shape index (κ2) is 16.5. The number of nitrogens with one attached hydrogen (secondary N) is 1. The molecule has 0 spiro atoms. The van der Waals surface area contributed by atoms with Crippen molar-refractivity contribution < 1.29 is 14.3 Å². The Kier molecular flexibility index (Phi) is 11.8. The quantitative estimate of drug-likeness (QED) is 0.338. The topological polar surface area (TPSA) is 58.6 Å². The van der Waals surface area contributed by atoms with Gasteiger partial charge in [-0.05, 0) is 77.5 Å². The molecule has 1 aliphatic heterocycles. The number of rotatable bonds is 4. The highest BCUT2D eigenvalue weighted by atomic mass is 79.9. The molecule has 5 nitrogen and oxygen atoms in total. The maximum absolute atomic E-state index is 13.0. The van der Waals surface area contributed by atoms with Crippen LogP contribution in [0.15, 0.2) is 48.5 Å². The number of hydrogen-bond acceptors (Lipinski definition) is 3. The lowest BCUT2D eigenvalue weighted by Gasteiger charge is -2.20. The van der Waals surface area contributed by atoms with Gasteiger partial charge in [0.05, 0.1) is 5.69 Å². The molecule has 1 aliphatic rings. The minimum absolute atomic E-state index is 0.291. The van der Waals surface area contributed by atoms with Crippen LogP contribution in [0.25, 0.3) is 0 Å². The number of terminal acetylenes is 1. The van der Waals surface area contributed by atoms with Gasteiger partial charge in [0, 0.05) is 59.6 Å². The molecule has 190 valence electrons. The largest absolute Gasteiger partial charge is 0.404 e. The number of anilines is 2. The van der Waals surface area contributed by atoms with E-state index in [9.17, 15) is 9.59 Å². The van der Waals surface area contributed by atoms with Crippen molar-refractivity contribution in [1.82, 2.24) is 0 Å². The smallest absolute Gasteiger partial charge is 0.250 e. The van der Waals surface area contributed by atoms with E-state index in [4.69, 9.17) is 11.2 Å². The number of alkyl halides is 1. The Balaban J connectivity index is 1.52. The molecule has 0 saturated heterocycles. The molecule has 2 amide bonds. The van der Waals surface area contributed by atoms with Crippen molar-refractivity contribution in [3.8, 4) is 113 Å². The standard InChI is InChI=1S/C35H15BrN2O3/c1-2-3-4-5-6-7-8-9-10-11-12-13-14-15-16-21-28-41-32-25-20-18-23-30(32)37-34(39)33(36)35(40)38-27-26-29-22-17-19-24-31(29)38/h1,17-20,22-25,33H,26-27H2,(H,37,39). The molecule has 0 bridgehead atoms. The van der Waals surface area contributed by atoms with E-state index in [0.29, 0.717) is 18.0 Å². The molecule has 1 heterocycles. The first kappa shape index (κ1) is 29.3. The number of nitrogens with zero attached hydrogens (tertiary/aromatic N) is 1. The Hall–Kier alpha value is -6.30. The summed E-state index contributed by atoms with van der Waals surface area (Å²) in [6.45, 7) is 0.520. The van der Waals surface area contributed by atoms with Gasteiger partial charge >= 0.3 is 0 Å². The predicted molar refractivity (Wildman–Crippen MR) is 162 cm³/mol. The van der Waals surface area contributed by atoms with E-state index < -0.39 is 10.7 Å². The van der Waals surface area contributed by atoms with Crippen LogP contribution in [0.2, 0.25) is 0 Å². The normalized spacial score (nSPS) is 9.80. The summed E-state index contributed by atoms with van der Waals surface area (Å²) in [6, 6.07) is 14.3. The first-order chi connectivity index (χ1) is 20.1. The molecule has 0 aliphatic carbocycles. The highest BCUT2D eigenvalue weighted by Crippen LogP contribution is 2.29. The summed E-state index contributed by atoms with van der Waals surface area (Å²) in [5, 5.41) is 2.71. The molecule has 3 rings (SSSR count). The molecule has 41 heavy (non-hydrogen) atoms. The zero-order chi connectivity index (χ0) is 29.1. The lowest BCUT2D eigenvalue weighted by molar-refractivity contribution is -0.124. The molecular formula is C35H15BrN2O3. The van der Waals surface area contributed by atoms with Crippen LogP contribution in [0.4, 0.5) is 11.4 Å². The second-order valence-electron chi connectivity index (χ2n) is 7.44. The fourth-order valence-corrected chi connectivity index (χ4v) is 3.58. The number of carbonyl (C=O) groups excluding carboxylic acids is 2. The molecule has 0 fully saturated rings. The number of fused-ring (bicyclic) bond motifs is 1. The third kappa shape index (κ3) is 9.50. The number of para-hydroxylation sites is 3. The van der Waals surface area contributed by atoms with Crippen LogP contribution in [0.5, 0.6) is 5.75 Å². The van der Waals surface area contributed by atoms with E-state index in [2.05, 4.69) is 122 Å². The van der Waals surface area contributed by atoms with Gasteiger partial charge in [0.25, 0.3) is 0 Å². The molecule has 2 aromatic carbocycles. The van der Waals surface area contributed by atoms with E-state index >= 15 is 0 Å². The molecule has 1 unspecified atom stereocenters. The van der Waals surface area contributed by atoms with Gasteiger partial charge in [-0.1, -0.05) is 46.3 Å². The van der Waals surface area contributed by atoms with E-state index in [1.165, 1.54) is 0 Å². The summed E-state index contributed by atoms with van der Waals surface area (Å²) in [4.78, 5) is 26.3. The number of hydrogen-bond donors (Lipinski definition) is 1. The highest BCUT2D eigenvalue weighted by Gasteiger charge is 2.33. The van der Waals surface area contributed by atoms with Crippen molar-refractivity contribution in [2.24, 2.45) is 0 Å². The SMILES string of the molecule is C#CC#CC#CC#CC#CC#CC#CC#CC#COc1ccccc1NC(=O)C(Br)C(=O)N1CCc2ccccc21. The van der Waals surface area contributed by atoms with Crippen LogP contribution in [0.1, 0.15) is 5.56 Å². The van der Waals surface area contributed by atoms with E-state index in [0.717, 1.165) is 17.7 Å². The number of benzene rings is 2.